The van der Waals surface area contributed by atoms with Crippen LogP contribution in [0.4, 0.5) is 5.95 Å². The monoisotopic (exact) mass is 331 g/mol. The van der Waals surface area contributed by atoms with Gasteiger partial charge in [0.1, 0.15) is 0 Å². The van der Waals surface area contributed by atoms with Crippen molar-refractivity contribution in [3.05, 3.63) is 27.0 Å². The number of aromatic nitrogens is 4. The maximum Gasteiger partial charge on any atom is 0.240 e. The van der Waals surface area contributed by atoms with Gasteiger partial charge < -0.3 is 5.73 Å². The van der Waals surface area contributed by atoms with Gasteiger partial charge in [0.25, 0.3) is 0 Å². The fourth-order valence-corrected chi connectivity index (χ4v) is 2.07. The molecular formula is C8H7Br2N5. The molecule has 0 saturated carbocycles. The molecule has 2 aromatic heterocycles. The van der Waals surface area contributed by atoms with Crippen molar-refractivity contribution in [1.29, 1.82) is 0 Å². The molecule has 0 fully saturated rings. The van der Waals surface area contributed by atoms with E-state index in [-0.39, 0.29) is 5.95 Å². The van der Waals surface area contributed by atoms with E-state index < -0.39 is 0 Å². The summed E-state index contributed by atoms with van der Waals surface area (Å²) in [7, 11) is 0. The second-order valence-corrected chi connectivity index (χ2v) is 4.57. The molecular weight excluding hydrogens is 326 g/mol. The Labute approximate surface area is 103 Å². The van der Waals surface area contributed by atoms with E-state index in [0.29, 0.717) is 10.6 Å². The Kier molecular flexibility index (Phi) is 2.74. The highest BCUT2D eigenvalue weighted by Gasteiger charge is 2.10. The minimum absolute atomic E-state index is 0.214. The van der Waals surface area contributed by atoms with Crippen LogP contribution in [0.1, 0.15) is 5.56 Å². The van der Waals surface area contributed by atoms with Crippen molar-refractivity contribution in [2.24, 2.45) is 0 Å². The number of aryl methyl sites for hydroxylation is 1. The quantitative estimate of drug-likeness (QED) is 0.868. The molecule has 0 bridgehead atoms. The number of hydrogen-bond acceptors (Lipinski definition) is 4. The van der Waals surface area contributed by atoms with E-state index in [2.05, 4.69) is 46.9 Å². The molecule has 0 unspecified atom stereocenters. The third kappa shape index (κ3) is 2.03. The van der Waals surface area contributed by atoms with Crippen LogP contribution in [0.15, 0.2) is 21.5 Å². The lowest BCUT2D eigenvalue weighted by Gasteiger charge is -2.04. The standard InChI is InChI=1S/C8H7Br2N5/c1-4-2-5(9)3-12-6(4)15-7(10)13-8(11)14-15/h2-3H,1H3,(H2,11,14). The number of nitrogens with two attached hydrogens (primary N) is 1. The second kappa shape index (κ2) is 3.90. The van der Waals surface area contributed by atoms with Crippen LogP contribution >= 0.6 is 31.9 Å². The number of rotatable bonds is 1. The van der Waals surface area contributed by atoms with Crippen molar-refractivity contribution in [2.75, 3.05) is 5.73 Å². The predicted molar refractivity (Wildman–Crippen MR) is 63.7 cm³/mol. The van der Waals surface area contributed by atoms with Crippen molar-refractivity contribution < 1.29 is 0 Å². The summed E-state index contributed by atoms with van der Waals surface area (Å²) in [6, 6.07) is 1.95. The molecule has 2 aromatic rings. The summed E-state index contributed by atoms with van der Waals surface area (Å²) in [5.41, 5.74) is 6.47. The van der Waals surface area contributed by atoms with Gasteiger partial charge in [-0.3, -0.25) is 0 Å². The Balaban J connectivity index is 2.59. The average Bonchev–Trinajstić information content (AvgIpc) is 2.45. The number of nitrogen functional groups attached to an aromatic ring is 1. The first-order valence-corrected chi connectivity index (χ1v) is 5.67. The minimum atomic E-state index is 0.214. The minimum Gasteiger partial charge on any atom is -0.366 e. The van der Waals surface area contributed by atoms with E-state index in [4.69, 9.17) is 5.73 Å². The first kappa shape index (κ1) is 10.6. The fourth-order valence-electron chi connectivity index (χ4n) is 1.20. The molecule has 0 spiro atoms. The lowest BCUT2D eigenvalue weighted by Crippen LogP contribution is -2.03. The van der Waals surface area contributed by atoms with Crippen molar-refractivity contribution in [2.45, 2.75) is 6.92 Å². The molecule has 0 aromatic carbocycles. The Morgan fingerprint density at radius 2 is 2.13 bits per heavy atom. The zero-order valence-electron chi connectivity index (χ0n) is 7.78. The van der Waals surface area contributed by atoms with Gasteiger partial charge in [0, 0.05) is 10.7 Å². The van der Waals surface area contributed by atoms with Crippen LogP contribution in [0.5, 0.6) is 0 Å². The van der Waals surface area contributed by atoms with E-state index >= 15 is 0 Å². The normalized spacial score (nSPS) is 10.6. The smallest absolute Gasteiger partial charge is 0.240 e. The lowest BCUT2D eigenvalue weighted by atomic mass is 10.3. The van der Waals surface area contributed by atoms with Crippen LogP contribution in [-0.2, 0) is 0 Å². The Morgan fingerprint density at radius 1 is 1.40 bits per heavy atom. The van der Waals surface area contributed by atoms with Crippen molar-refractivity contribution >= 4 is 37.8 Å². The number of hydrogen-bond donors (Lipinski definition) is 1. The molecule has 7 heteroatoms. The second-order valence-electron chi connectivity index (χ2n) is 2.94. The van der Waals surface area contributed by atoms with Crippen LogP contribution in [0, 0.1) is 6.92 Å². The Morgan fingerprint density at radius 3 is 2.67 bits per heavy atom. The van der Waals surface area contributed by atoms with Crippen LogP contribution < -0.4 is 5.73 Å². The molecule has 2 heterocycles. The summed E-state index contributed by atoms with van der Waals surface area (Å²) < 4.78 is 3.02. The summed E-state index contributed by atoms with van der Waals surface area (Å²) >= 11 is 6.61. The van der Waals surface area contributed by atoms with Gasteiger partial charge in [-0.05, 0) is 50.4 Å². The van der Waals surface area contributed by atoms with Gasteiger partial charge in [0.05, 0.1) is 0 Å². The number of nitrogens with zero attached hydrogens (tertiary/aromatic N) is 4. The van der Waals surface area contributed by atoms with Crippen LogP contribution in [0.2, 0.25) is 0 Å². The van der Waals surface area contributed by atoms with Gasteiger partial charge >= 0.3 is 0 Å². The first-order chi connectivity index (χ1) is 7.08. The number of anilines is 1. The van der Waals surface area contributed by atoms with Gasteiger partial charge in [-0.2, -0.15) is 9.67 Å². The molecule has 15 heavy (non-hydrogen) atoms. The molecule has 78 valence electrons. The summed E-state index contributed by atoms with van der Waals surface area (Å²) in [6.07, 6.45) is 1.70. The van der Waals surface area contributed by atoms with Gasteiger partial charge in [-0.1, -0.05) is 0 Å². The molecule has 5 nitrogen and oxygen atoms in total. The molecule has 2 rings (SSSR count). The third-order valence-corrected chi connectivity index (χ3v) is 2.75. The lowest BCUT2D eigenvalue weighted by molar-refractivity contribution is 0.818. The molecule has 0 aliphatic heterocycles. The topological polar surface area (TPSA) is 69.6 Å². The van der Waals surface area contributed by atoms with E-state index in [1.165, 1.54) is 0 Å². The SMILES string of the molecule is Cc1cc(Br)cnc1-n1nc(N)nc1Br. The zero-order valence-corrected chi connectivity index (χ0v) is 10.9. The van der Waals surface area contributed by atoms with Crippen LogP contribution in [0.3, 0.4) is 0 Å². The van der Waals surface area contributed by atoms with E-state index in [0.717, 1.165) is 10.0 Å². The number of pyridine rings is 1. The molecule has 0 saturated heterocycles. The largest absolute Gasteiger partial charge is 0.366 e. The van der Waals surface area contributed by atoms with Crippen LogP contribution in [-0.4, -0.2) is 19.7 Å². The van der Waals surface area contributed by atoms with Crippen molar-refractivity contribution in [3.63, 3.8) is 0 Å². The highest BCUT2D eigenvalue weighted by atomic mass is 79.9. The van der Waals surface area contributed by atoms with E-state index in [1.54, 1.807) is 10.9 Å². The van der Waals surface area contributed by atoms with Gasteiger partial charge in [0.2, 0.25) is 10.7 Å². The van der Waals surface area contributed by atoms with E-state index in [1.807, 2.05) is 13.0 Å². The molecule has 0 aliphatic carbocycles. The Bertz CT molecular complexity index is 508. The highest BCUT2D eigenvalue weighted by molar-refractivity contribution is 9.10. The first-order valence-electron chi connectivity index (χ1n) is 4.08. The molecule has 0 atom stereocenters. The maximum absolute atomic E-state index is 5.49. The predicted octanol–water partition coefficient (Wildman–Crippen LogP) is 2.08. The van der Waals surface area contributed by atoms with Gasteiger partial charge in [0.15, 0.2) is 5.82 Å². The van der Waals surface area contributed by atoms with Gasteiger partial charge in [-0.15, -0.1) is 5.10 Å². The maximum atomic E-state index is 5.49. The highest BCUT2D eigenvalue weighted by Crippen LogP contribution is 2.19. The fraction of sp³-hybridized carbons (Fsp3) is 0.125. The third-order valence-electron chi connectivity index (χ3n) is 1.80. The van der Waals surface area contributed by atoms with Crippen molar-refractivity contribution in [3.8, 4) is 5.82 Å². The molecule has 0 radical (unpaired) electrons. The molecule has 2 N–H and O–H groups in total. The number of halogens is 2. The van der Waals surface area contributed by atoms with Crippen molar-refractivity contribution in [1.82, 2.24) is 19.7 Å². The van der Waals surface area contributed by atoms with Crippen LogP contribution in [0.25, 0.3) is 5.82 Å². The Hall–Kier alpha value is -0.950. The molecule has 0 amide bonds. The summed E-state index contributed by atoms with van der Waals surface area (Å²) in [4.78, 5) is 8.20. The zero-order chi connectivity index (χ0) is 11.0. The summed E-state index contributed by atoms with van der Waals surface area (Å²) in [6.45, 7) is 1.94. The molecule has 0 aliphatic rings. The van der Waals surface area contributed by atoms with E-state index in [9.17, 15) is 0 Å². The van der Waals surface area contributed by atoms with Gasteiger partial charge in [-0.25, -0.2) is 4.98 Å². The summed E-state index contributed by atoms with van der Waals surface area (Å²) in [5.74, 6) is 0.917. The summed E-state index contributed by atoms with van der Waals surface area (Å²) in [5, 5.41) is 4.03. The average molecular weight is 333 g/mol.